The summed E-state index contributed by atoms with van der Waals surface area (Å²) in [5, 5.41) is 7.15. The fourth-order valence-corrected chi connectivity index (χ4v) is 9.66. The van der Waals surface area contributed by atoms with Crippen molar-refractivity contribution in [2.75, 3.05) is 4.90 Å². The van der Waals surface area contributed by atoms with E-state index in [0.29, 0.717) is 0 Å². The molecule has 1 heterocycles. The van der Waals surface area contributed by atoms with Crippen molar-refractivity contribution in [3.8, 4) is 55.6 Å². The standard InChI is InChI=1S/C62H41NO/c1-2-16-43(17-3-1)49-19-6-8-22-52(49)55-25-10-11-26-56(55)53-23-9-7-20-50(53)44-32-37-48(38-33-44)63(60-41-46-18-4-5-21-51(46)54-24-12-13-27-57(54)60)47-35-30-42(31-36-47)45-34-39-62-59(40-45)58-28-14-15-29-61(58)64-62/h1-41H. The lowest BCUT2D eigenvalue weighted by molar-refractivity contribution is 0.669. The Labute approximate surface area is 372 Å². The highest BCUT2D eigenvalue weighted by Crippen LogP contribution is 2.45. The molecule has 0 saturated carbocycles. The Balaban J connectivity index is 0.971. The average Bonchev–Trinajstić information content (AvgIpc) is 3.75. The van der Waals surface area contributed by atoms with E-state index in [1.807, 2.05) is 12.1 Å². The SMILES string of the molecule is c1ccc(-c2ccccc2-c2ccccc2-c2ccccc2-c2ccc(N(c3ccc(-c4ccc5oc6ccccc6c5c4)cc3)c3cc4ccccc4c4ccccc34)cc2)cc1. The van der Waals surface area contributed by atoms with Gasteiger partial charge in [-0.2, -0.15) is 0 Å². The molecule has 0 saturated heterocycles. The minimum absolute atomic E-state index is 0.902. The van der Waals surface area contributed by atoms with Crippen LogP contribution in [0.1, 0.15) is 0 Å². The third kappa shape index (κ3) is 6.52. The largest absolute Gasteiger partial charge is 0.456 e. The van der Waals surface area contributed by atoms with Crippen LogP contribution in [0, 0.1) is 0 Å². The first-order valence-corrected chi connectivity index (χ1v) is 21.9. The van der Waals surface area contributed by atoms with Gasteiger partial charge in [0.05, 0.1) is 5.69 Å². The van der Waals surface area contributed by atoms with Gasteiger partial charge in [-0.1, -0.05) is 200 Å². The maximum Gasteiger partial charge on any atom is 0.135 e. The highest BCUT2D eigenvalue weighted by atomic mass is 16.3. The molecule has 0 amide bonds. The summed E-state index contributed by atoms with van der Waals surface area (Å²) in [6.07, 6.45) is 0. The van der Waals surface area contributed by atoms with E-state index in [2.05, 4.69) is 241 Å². The van der Waals surface area contributed by atoms with Gasteiger partial charge >= 0.3 is 0 Å². The Morgan fingerprint density at radius 3 is 1.33 bits per heavy atom. The number of para-hydroxylation sites is 1. The fraction of sp³-hybridized carbons (Fsp3) is 0. The topological polar surface area (TPSA) is 16.4 Å². The van der Waals surface area contributed by atoms with E-state index in [9.17, 15) is 0 Å². The summed E-state index contributed by atoms with van der Waals surface area (Å²) in [4.78, 5) is 2.41. The molecule has 0 aliphatic heterocycles. The minimum Gasteiger partial charge on any atom is -0.456 e. The highest BCUT2D eigenvalue weighted by molar-refractivity contribution is 6.14. The van der Waals surface area contributed by atoms with Crippen molar-refractivity contribution in [3.63, 3.8) is 0 Å². The zero-order valence-electron chi connectivity index (χ0n) is 35.0. The van der Waals surface area contributed by atoms with Gasteiger partial charge in [0.1, 0.15) is 11.2 Å². The third-order valence-corrected chi connectivity index (χ3v) is 12.7. The van der Waals surface area contributed by atoms with Crippen molar-refractivity contribution in [1.82, 2.24) is 0 Å². The Kier molecular flexibility index (Phi) is 9.20. The summed E-state index contributed by atoms with van der Waals surface area (Å²) in [6.45, 7) is 0. The molecule has 2 nitrogen and oxygen atoms in total. The predicted octanol–water partition coefficient (Wildman–Crippen LogP) is 17.7. The van der Waals surface area contributed by atoms with Crippen LogP contribution < -0.4 is 4.90 Å². The Bertz CT molecular complexity index is 3660. The van der Waals surface area contributed by atoms with E-state index in [4.69, 9.17) is 4.42 Å². The van der Waals surface area contributed by atoms with Crippen LogP contribution in [0.2, 0.25) is 0 Å². The lowest BCUT2D eigenvalue weighted by Gasteiger charge is -2.28. The smallest absolute Gasteiger partial charge is 0.135 e. The second-order valence-electron chi connectivity index (χ2n) is 16.4. The molecule has 11 aromatic carbocycles. The first kappa shape index (κ1) is 37.3. The number of rotatable bonds is 8. The van der Waals surface area contributed by atoms with Gasteiger partial charge in [-0.05, 0) is 120 Å². The van der Waals surface area contributed by atoms with E-state index < -0.39 is 0 Å². The molecule has 0 radical (unpaired) electrons. The van der Waals surface area contributed by atoms with Gasteiger partial charge < -0.3 is 9.32 Å². The van der Waals surface area contributed by atoms with Crippen molar-refractivity contribution in [2.45, 2.75) is 0 Å². The molecule has 12 aromatic rings. The van der Waals surface area contributed by atoms with Crippen LogP contribution in [-0.2, 0) is 0 Å². The van der Waals surface area contributed by atoms with Crippen molar-refractivity contribution in [3.05, 3.63) is 249 Å². The third-order valence-electron chi connectivity index (χ3n) is 12.7. The van der Waals surface area contributed by atoms with E-state index in [0.717, 1.165) is 55.7 Å². The molecule has 64 heavy (non-hydrogen) atoms. The second kappa shape index (κ2) is 15.8. The lowest BCUT2D eigenvalue weighted by atomic mass is 9.87. The van der Waals surface area contributed by atoms with E-state index in [1.54, 1.807) is 0 Å². The molecule has 0 spiro atoms. The van der Waals surface area contributed by atoms with Crippen molar-refractivity contribution in [1.29, 1.82) is 0 Å². The summed E-state index contributed by atoms with van der Waals surface area (Å²) in [6, 6.07) is 89.8. The van der Waals surface area contributed by atoms with Crippen LogP contribution >= 0.6 is 0 Å². The average molecular weight is 816 g/mol. The molecule has 0 unspecified atom stereocenters. The van der Waals surface area contributed by atoms with Crippen LogP contribution in [0.4, 0.5) is 17.1 Å². The Hall–Kier alpha value is -8.46. The molecule has 1 aromatic heterocycles. The molecule has 0 aliphatic carbocycles. The lowest BCUT2D eigenvalue weighted by Crippen LogP contribution is -2.10. The minimum atomic E-state index is 0.902. The van der Waals surface area contributed by atoms with Crippen LogP contribution in [0.15, 0.2) is 253 Å². The van der Waals surface area contributed by atoms with Gasteiger partial charge in [-0.15, -0.1) is 0 Å². The Morgan fingerprint density at radius 2 is 0.688 bits per heavy atom. The monoisotopic (exact) mass is 815 g/mol. The molecule has 300 valence electrons. The summed E-state index contributed by atoms with van der Waals surface area (Å²) < 4.78 is 6.16. The van der Waals surface area contributed by atoms with Gasteiger partial charge in [0, 0.05) is 27.5 Å². The van der Waals surface area contributed by atoms with Gasteiger partial charge in [0.2, 0.25) is 0 Å². The van der Waals surface area contributed by atoms with E-state index in [-0.39, 0.29) is 0 Å². The fourth-order valence-electron chi connectivity index (χ4n) is 9.66. The summed E-state index contributed by atoms with van der Waals surface area (Å²) in [7, 11) is 0. The van der Waals surface area contributed by atoms with Gasteiger partial charge in [0.25, 0.3) is 0 Å². The summed E-state index contributed by atoms with van der Waals surface area (Å²) in [5.74, 6) is 0. The van der Waals surface area contributed by atoms with Crippen molar-refractivity contribution >= 4 is 60.5 Å². The molecule has 12 rings (SSSR count). The Morgan fingerprint density at radius 1 is 0.250 bits per heavy atom. The first-order chi connectivity index (χ1) is 31.7. The van der Waals surface area contributed by atoms with Gasteiger partial charge in [-0.3, -0.25) is 0 Å². The number of benzene rings is 11. The molecule has 0 bridgehead atoms. The molecule has 0 N–H and O–H groups in total. The maximum absolute atomic E-state index is 6.16. The van der Waals surface area contributed by atoms with Crippen LogP contribution in [0.3, 0.4) is 0 Å². The van der Waals surface area contributed by atoms with E-state index in [1.165, 1.54) is 60.5 Å². The van der Waals surface area contributed by atoms with E-state index >= 15 is 0 Å². The zero-order valence-corrected chi connectivity index (χ0v) is 35.0. The summed E-state index contributed by atoms with van der Waals surface area (Å²) >= 11 is 0. The number of anilines is 3. The number of fused-ring (bicyclic) bond motifs is 6. The molecule has 0 fully saturated rings. The van der Waals surface area contributed by atoms with Crippen molar-refractivity contribution in [2.24, 2.45) is 0 Å². The van der Waals surface area contributed by atoms with Gasteiger partial charge in [-0.25, -0.2) is 0 Å². The molecule has 0 atom stereocenters. The second-order valence-corrected chi connectivity index (χ2v) is 16.4. The number of hydrogen-bond donors (Lipinski definition) is 0. The molecular weight excluding hydrogens is 775 g/mol. The first-order valence-electron chi connectivity index (χ1n) is 21.9. The van der Waals surface area contributed by atoms with Gasteiger partial charge in [0.15, 0.2) is 0 Å². The maximum atomic E-state index is 6.16. The number of furan rings is 1. The number of hydrogen-bond acceptors (Lipinski definition) is 2. The molecule has 2 heteroatoms. The zero-order chi connectivity index (χ0) is 42.4. The van der Waals surface area contributed by atoms with Crippen LogP contribution in [0.5, 0.6) is 0 Å². The molecule has 0 aliphatic rings. The summed E-state index contributed by atoms with van der Waals surface area (Å²) in [5.41, 5.74) is 17.0. The van der Waals surface area contributed by atoms with Crippen molar-refractivity contribution < 1.29 is 4.42 Å². The molecular formula is C62H41NO. The van der Waals surface area contributed by atoms with Crippen LogP contribution in [0.25, 0.3) is 99.1 Å². The predicted molar refractivity (Wildman–Crippen MR) is 271 cm³/mol. The highest BCUT2D eigenvalue weighted by Gasteiger charge is 2.20. The number of nitrogens with zero attached hydrogens (tertiary/aromatic N) is 1. The quantitative estimate of drug-likeness (QED) is 0.142. The normalized spacial score (nSPS) is 11.4. The van der Waals surface area contributed by atoms with Crippen LogP contribution in [-0.4, -0.2) is 0 Å².